The molecule has 0 aliphatic rings. The number of aromatic nitrogens is 2. The standard InChI is InChI=1S/C20H13F3N2S/c1-11-14(6-13-2-3-17(21)19(23)20(13)25-11)7-15-9-26-10-16(15)12-4-5-24-18(22)8-12/h2-6,8-10H,7H2,1H3. The van der Waals surface area contributed by atoms with Gasteiger partial charge in [0.15, 0.2) is 11.6 Å². The maximum absolute atomic E-state index is 13.9. The molecule has 0 saturated heterocycles. The van der Waals surface area contributed by atoms with E-state index in [1.807, 2.05) is 16.8 Å². The minimum absolute atomic E-state index is 0.0352. The molecule has 130 valence electrons. The number of rotatable bonds is 3. The molecule has 0 aliphatic heterocycles. The Kier molecular flexibility index (Phi) is 4.20. The van der Waals surface area contributed by atoms with Crippen LogP contribution in [0.4, 0.5) is 13.2 Å². The van der Waals surface area contributed by atoms with Crippen LogP contribution in [0.25, 0.3) is 22.0 Å². The first-order chi connectivity index (χ1) is 12.5. The average molecular weight is 370 g/mol. The summed E-state index contributed by atoms with van der Waals surface area (Å²) in [7, 11) is 0. The Bertz CT molecular complexity index is 1120. The van der Waals surface area contributed by atoms with Gasteiger partial charge in [-0.15, -0.1) is 0 Å². The zero-order valence-electron chi connectivity index (χ0n) is 13.8. The Balaban J connectivity index is 1.76. The van der Waals surface area contributed by atoms with Crippen molar-refractivity contribution < 1.29 is 13.2 Å². The third-order valence-electron chi connectivity index (χ3n) is 4.33. The van der Waals surface area contributed by atoms with Crippen LogP contribution in [0, 0.1) is 24.5 Å². The van der Waals surface area contributed by atoms with Gasteiger partial charge in [-0.1, -0.05) is 0 Å². The maximum atomic E-state index is 13.9. The molecule has 4 rings (SSSR count). The molecule has 0 fully saturated rings. The van der Waals surface area contributed by atoms with Gasteiger partial charge < -0.3 is 0 Å². The van der Waals surface area contributed by atoms with Crippen molar-refractivity contribution in [1.82, 2.24) is 9.97 Å². The van der Waals surface area contributed by atoms with E-state index < -0.39 is 17.6 Å². The van der Waals surface area contributed by atoms with Crippen molar-refractivity contribution in [3.63, 3.8) is 0 Å². The van der Waals surface area contributed by atoms with Crippen LogP contribution in [0.15, 0.2) is 47.3 Å². The Morgan fingerprint density at radius 1 is 1.00 bits per heavy atom. The molecule has 26 heavy (non-hydrogen) atoms. The fourth-order valence-electron chi connectivity index (χ4n) is 2.98. The second kappa shape index (κ2) is 6.53. The van der Waals surface area contributed by atoms with E-state index in [9.17, 15) is 13.2 Å². The predicted molar refractivity (Wildman–Crippen MR) is 96.7 cm³/mol. The molecule has 0 atom stereocenters. The van der Waals surface area contributed by atoms with Gasteiger partial charge in [0.05, 0.1) is 0 Å². The second-order valence-corrected chi connectivity index (χ2v) is 6.76. The molecule has 2 nitrogen and oxygen atoms in total. The molecule has 3 aromatic heterocycles. The Labute approximate surface area is 152 Å². The van der Waals surface area contributed by atoms with Gasteiger partial charge in [-0.3, -0.25) is 0 Å². The lowest BCUT2D eigenvalue weighted by Crippen LogP contribution is -1.98. The minimum atomic E-state index is -0.930. The van der Waals surface area contributed by atoms with Gasteiger partial charge in [0.25, 0.3) is 0 Å². The number of pyridine rings is 2. The van der Waals surface area contributed by atoms with E-state index in [1.165, 1.54) is 29.7 Å². The fourth-order valence-corrected chi connectivity index (χ4v) is 3.85. The second-order valence-electron chi connectivity index (χ2n) is 6.02. The van der Waals surface area contributed by atoms with Crippen molar-refractivity contribution in [3.8, 4) is 11.1 Å². The van der Waals surface area contributed by atoms with E-state index in [2.05, 4.69) is 9.97 Å². The zero-order valence-corrected chi connectivity index (χ0v) is 14.6. The number of aryl methyl sites for hydroxylation is 1. The summed E-state index contributed by atoms with van der Waals surface area (Å²) in [5, 5.41) is 4.52. The van der Waals surface area contributed by atoms with Gasteiger partial charge >= 0.3 is 0 Å². The largest absolute Gasteiger partial charge is 0.250 e. The van der Waals surface area contributed by atoms with Crippen molar-refractivity contribution in [1.29, 1.82) is 0 Å². The normalized spacial score (nSPS) is 11.2. The highest BCUT2D eigenvalue weighted by Gasteiger charge is 2.14. The molecule has 0 spiro atoms. The summed E-state index contributed by atoms with van der Waals surface area (Å²) in [5.74, 6) is -2.36. The average Bonchev–Trinajstić information content (AvgIpc) is 3.08. The molecule has 0 aliphatic carbocycles. The maximum Gasteiger partial charge on any atom is 0.213 e. The summed E-state index contributed by atoms with van der Waals surface area (Å²) in [4.78, 5) is 7.84. The van der Waals surface area contributed by atoms with Gasteiger partial charge in [0.2, 0.25) is 5.95 Å². The number of fused-ring (bicyclic) bond motifs is 1. The van der Waals surface area contributed by atoms with Crippen LogP contribution in [0.3, 0.4) is 0 Å². The summed E-state index contributed by atoms with van der Waals surface area (Å²) in [6, 6.07) is 7.62. The van der Waals surface area contributed by atoms with Crippen molar-refractivity contribution in [2.45, 2.75) is 13.3 Å². The Morgan fingerprint density at radius 2 is 1.85 bits per heavy atom. The highest BCUT2D eigenvalue weighted by atomic mass is 32.1. The Hall–Kier alpha value is -2.73. The fraction of sp³-hybridized carbons (Fsp3) is 0.100. The lowest BCUT2D eigenvalue weighted by molar-refractivity contribution is 0.515. The van der Waals surface area contributed by atoms with Gasteiger partial charge in [0, 0.05) is 29.8 Å². The number of nitrogens with zero attached hydrogens (tertiary/aromatic N) is 2. The van der Waals surface area contributed by atoms with E-state index in [4.69, 9.17) is 0 Å². The van der Waals surface area contributed by atoms with E-state index in [0.717, 1.165) is 28.3 Å². The quantitative estimate of drug-likeness (QED) is 0.434. The smallest absolute Gasteiger partial charge is 0.213 e. The zero-order chi connectivity index (χ0) is 18.3. The molecular weight excluding hydrogens is 357 g/mol. The summed E-state index contributed by atoms with van der Waals surface area (Å²) in [6.45, 7) is 1.78. The van der Waals surface area contributed by atoms with E-state index in [0.29, 0.717) is 17.5 Å². The first kappa shape index (κ1) is 16.7. The summed E-state index contributed by atoms with van der Waals surface area (Å²) < 4.78 is 40.8. The van der Waals surface area contributed by atoms with Crippen LogP contribution in [0.5, 0.6) is 0 Å². The highest BCUT2D eigenvalue weighted by molar-refractivity contribution is 7.08. The molecule has 0 radical (unpaired) electrons. The third kappa shape index (κ3) is 2.97. The first-order valence-electron chi connectivity index (χ1n) is 7.94. The lowest BCUT2D eigenvalue weighted by Gasteiger charge is -2.10. The topological polar surface area (TPSA) is 25.8 Å². The number of halogens is 3. The van der Waals surface area contributed by atoms with Crippen molar-refractivity contribution in [2.75, 3.05) is 0 Å². The molecular formula is C20H13F3N2S. The van der Waals surface area contributed by atoms with E-state index in [1.54, 1.807) is 13.0 Å². The van der Waals surface area contributed by atoms with Crippen LogP contribution in [-0.4, -0.2) is 9.97 Å². The van der Waals surface area contributed by atoms with Gasteiger partial charge in [-0.25, -0.2) is 18.7 Å². The number of hydrogen-bond acceptors (Lipinski definition) is 3. The molecule has 1 aromatic carbocycles. The van der Waals surface area contributed by atoms with Crippen LogP contribution < -0.4 is 0 Å². The molecule has 0 saturated carbocycles. The van der Waals surface area contributed by atoms with Gasteiger partial charge in [-0.2, -0.15) is 15.7 Å². The monoisotopic (exact) mass is 370 g/mol. The van der Waals surface area contributed by atoms with Crippen LogP contribution in [-0.2, 0) is 6.42 Å². The van der Waals surface area contributed by atoms with Gasteiger partial charge in [0.1, 0.15) is 5.52 Å². The molecule has 4 aromatic rings. The molecule has 6 heteroatoms. The third-order valence-corrected chi connectivity index (χ3v) is 5.13. The van der Waals surface area contributed by atoms with Crippen LogP contribution in [0.2, 0.25) is 0 Å². The summed E-state index contributed by atoms with van der Waals surface area (Å²) in [6.07, 6.45) is 2.00. The molecule has 0 N–H and O–H groups in total. The van der Waals surface area contributed by atoms with Crippen LogP contribution in [0.1, 0.15) is 16.8 Å². The number of thiophene rings is 1. The first-order valence-corrected chi connectivity index (χ1v) is 8.88. The summed E-state index contributed by atoms with van der Waals surface area (Å²) >= 11 is 1.53. The summed E-state index contributed by atoms with van der Waals surface area (Å²) in [5.41, 5.74) is 4.30. The van der Waals surface area contributed by atoms with Gasteiger partial charge in [-0.05, 0) is 64.2 Å². The highest BCUT2D eigenvalue weighted by Crippen LogP contribution is 2.31. The molecule has 0 unspecified atom stereocenters. The molecule has 3 heterocycles. The predicted octanol–water partition coefficient (Wildman–Crippen LogP) is 5.67. The minimum Gasteiger partial charge on any atom is -0.250 e. The lowest BCUT2D eigenvalue weighted by atomic mass is 9.98. The number of hydrogen-bond donors (Lipinski definition) is 0. The number of benzene rings is 1. The van der Waals surface area contributed by atoms with Crippen molar-refractivity contribution in [2.24, 2.45) is 0 Å². The van der Waals surface area contributed by atoms with E-state index in [-0.39, 0.29) is 5.52 Å². The Morgan fingerprint density at radius 3 is 2.65 bits per heavy atom. The molecule has 0 amide bonds. The van der Waals surface area contributed by atoms with Crippen molar-refractivity contribution >= 4 is 22.2 Å². The van der Waals surface area contributed by atoms with Crippen LogP contribution >= 0.6 is 11.3 Å². The molecule has 0 bridgehead atoms. The SMILES string of the molecule is Cc1nc2c(F)c(F)ccc2cc1Cc1cscc1-c1ccnc(F)c1. The van der Waals surface area contributed by atoms with Crippen molar-refractivity contribution in [3.05, 3.63) is 81.7 Å². The van der Waals surface area contributed by atoms with E-state index >= 15 is 0 Å².